The predicted octanol–water partition coefficient (Wildman–Crippen LogP) is 2.95. The SMILES string of the molecule is COc1cc(OC)c(NCC2CCCO2)cc1Cl. The molecule has 4 nitrogen and oxygen atoms in total. The van der Waals surface area contributed by atoms with Crippen LogP contribution in [-0.4, -0.2) is 33.5 Å². The molecular formula is C13H18ClNO3. The van der Waals surface area contributed by atoms with Crippen LogP contribution in [0.2, 0.25) is 5.02 Å². The lowest BCUT2D eigenvalue weighted by atomic mass is 10.2. The number of ether oxygens (including phenoxy) is 3. The Labute approximate surface area is 112 Å². The fourth-order valence-corrected chi connectivity index (χ4v) is 2.27. The minimum Gasteiger partial charge on any atom is -0.495 e. The Morgan fingerprint density at radius 1 is 1.33 bits per heavy atom. The molecule has 1 aromatic rings. The molecule has 18 heavy (non-hydrogen) atoms. The maximum absolute atomic E-state index is 6.10. The Morgan fingerprint density at radius 2 is 2.11 bits per heavy atom. The van der Waals surface area contributed by atoms with E-state index < -0.39 is 0 Å². The lowest BCUT2D eigenvalue weighted by molar-refractivity contribution is 0.120. The van der Waals surface area contributed by atoms with E-state index in [9.17, 15) is 0 Å². The number of anilines is 1. The van der Waals surface area contributed by atoms with E-state index in [1.165, 1.54) is 0 Å². The molecule has 1 atom stereocenters. The van der Waals surface area contributed by atoms with Gasteiger partial charge in [-0.2, -0.15) is 0 Å². The summed E-state index contributed by atoms with van der Waals surface area (Å²) in [6.07, 6.45) is 2.50. The molecule has 1 unspecified atom stereocenters. The molecule has 1 aromatic carbocycles. The van der Waals surface area contributed by atoms with Gasteiger partial charge in [-0.1, -0.05) is 11.6 Å². The van der Waals surface area contributed by atoms with Crippen LogP contribution in [0.25, 0.3) is 0 Å². The van der Waals surface area contributed by atoms with Gasteiger partial charge in [-0.25, -0.2) is 0 Å². The molecule has 1 N–H and O–H groups in total. The number of rotatable bonds is 5. The molecule has 1 saturated heterocycles. The fraction of sp³-hybridized carbons (Fsp3) is 0.538. The second kappa shape index (κ2) is 6.16. The van der Waals surface area contributed by atoms with Crippen LogP contribution in [0, 0.1) is 0 Å². The van der Waals surface area contributed by atoms with E-state index in [4.69, 9.17) is 25.8 Å². The normalized spacial score (nSPS) is 18.7. The monoisotopic (exact) mass is 271 g/mol. The molecule has 0 amide bonds. The number of hydrogen-bond acceptors (Lipinski definition) is 4. The highest BCUT2D eigenvalue weighted by Gasteiger charge is 2.16. The predicted molar refractivity (Wildman–Crippen MR) is 72.0 cm³/mol. The van der Waals surface area contributed by atoms with Crippen LogP contribution in [0.3, 0.4) is 0 Å². The molecule has 1 aliphatic rings. The molecule has 0 radical (unpaired) electrons. The Morgan fingerprint density at radius 3 is 2.72 bits per heavy atom. The number of halogens is 1. The van der Waals surface area contributed by atoms with Crippen LogP contribution in [-0.2, 0) is 4.74 Å². The Bertz CT molecular complexity index is 405. The van der Waals surface area contributed by atoms with Gasteiger partial charge in [0.1, 0.15) is 11.5 Å². The molecule has 1 fully saturated rings. The topological polar surface area (TPSA) is 39.7 Å². The average Bonchev–Trinajstić information content (AvgIpc) is 2.89. The number of nitrogens with one attached hydrogen (secondary N) is 1. The van der Waals surface area contributed by atoms with Gasteiger partial charge < -0.3 is 19.5 Å². The summed E-state index contributed by atoms with van der Waals surface area (Å²) >= 11 is 6.10. The van der Waals surface area contributed by atoms with Gasteiger partial charge in [-0.15, -0.1) is 0 Å². The summed E-state index contributed by atoms with van der Waals surface area (Å²) in [6, 6.07) is 3.59. The van der Waals surface area contributed by atoms with Crippen LogP contribution in [0.15, 0.2) is 12.1 Å². The van der Waals surface area contributed by atoms with Gasteiger partial charge in [0, 0.05) is 19.2 Å². The number of hydrogen-bond donors (Lipinski definition) is 1. The zero-order valence-corrected chi connectivity index (χ0v) is 11.4. The molecule has 0 spiro atoms. The van der Waals surface area contributed by atoms with Crippen LogP contribution in [0.5, 0.6) is 11.5 Å². The minimum absolute atomic E-state index is 0.274. The van der Waals surface area contributed by atoms with E-state index in [0.29, 0.717) is 16.5 Å². The van der Waals surface area contributed by atoms with E-state index in [1.807, 2.05) is 6.07 Å². The molecule has 0 aliphatic carbocycles. The standard InChI is InChI=1S/C13H18ClNO3/c1-16-12-7-13(17-2)11(6-10(12)14)15-8-9-4-3-5-18-9/h6-7,9,15H,3-5,8H2,1-2H3. The molecule has 0 bridgehead atoms. The van der Waals surface area contributed by atoms with Crippen molar-refractivity contribution in [2.45, 2.75) is 18.9 Å². The number of methoxy groups -OCH3 is 2. The molecule has 1 heterocycles. The van der Waals surface area contributed by atoms with Gasteiger partial charge in [0.05, 0.1) is 31.0 Å². The molecule has 100 valence electrons. The van der Waals surface area contributed by atoms with Crippen molar-refractivity contribution < 1.29 is 14.2 Å². The van der Waals surface area contributed by atoms with E-state index in [1.54, 1.807) is 20.3 Å². The van der Waals surface area contributed by atoms with Gasteiger partial charge in [-0.3, -0.25) is 0 Å². The first-order valence-electron chi connectivity index (χ1n) is 6.01. The Kier molecular flexibility index (Phi) is 4.55. The van der Waals surface area contributed by atoms with Gasteiger partial charge in [-0.05, 0) is 18.9 Å². The van der Waals surface area contributed by atoms with Crippen molar-refractivity contribution in [1.29, 1.82) is 0 Å². The first-order valence-corrected chi connectivity index (χ1v) is 6.39. The molecule has 0 aromatic heterocycles. The van der Waals surface area contributed by atoms with E-state index in [-0.39, 0.29) is 6.10 Å². The second-order valence-corrected chi connectivity index (χ2v) is 4.61. The summed E-state index contributed by atoms with van der Waals surface area (Å²) in [5.41, 5.74) is 0.860. The highest BCUT2D eigenvalue weighted by molar-refractivity contribution is 6.32. The molecule has 0 saturated carbocycles. The highest BCUT2D eigenvalue weighted by Crippen LogP contribution is 2.35. The van der Waals surface area contributed by atoms with E-state index in [2.05, 4.69) is 5.32 Å². The van der Waals surface area contributed by atoms with Crippen molar-refractivity contribution in [3.05, 3.63) is 17.2 Å². The summed E-state index contributed by atoms with van der Waals surface area (Å²) in [5, 5.41) is 3.87. The largest absolute Gasteiger partial charge is 0.495 e. The summed E-state index contributed by atoms with van der Waals surface area (Å²) in [6.45, 7) is 1.62. The highest BCUT2D eigenvalue weighted by atomic mass is 35.5. The van der Waals surface area contributed by atoms with Crippen molar-refractivity contribution in [2.24, 2.45) is 0 Å². The van der Waals surface area contributed by atoms with Gasteiger partial charge >= 0.3 is 0 Å². The summed E-state index contributed by atoms with van der Waals surface area (Å²) in [7, 11) is 3.21. The van der Waals surface area contributed by atoms with E-state index >= 15 is 0 Å². The summed E-state index contributed by atoms with van der Waals surface area (Å²) in [4.78, 5) is 0. The maximum Gasteiger partial charge on any atom is 0.145 e. The van der Waals surface area contributed by atoms with Gasteiger partial charge in [0.25, 0.3) is 0 Å². The third-order valence-corrected chi connectivity index (χ3v) is 3.31. The van der Waals surface area contributed by atoms with Crippen LogP contribution in [0.4, 0.5) is 5.69 Å². The minimum atomic E-state index is 0.274. The van der Waals surface area contributed by atoms with Gasteiger partial charge in [0.15, 0.2) is 0 Å². The average molecular weight is 272 g/mol. The maximum atomic E-state index is 6.10. The molecule has 5 heteroatoms. The zero-order chi connectivity index (χ0) is 13.0. The molecular weight excluding hydrogens is 254 g/mol. The molecule has 2 rings (SSSR count). The second-order valence-electron chi connectivity index (χ2n) is 4.20. The fourth-order valence-electron chi connectivity index (χ4n) is 2.03. The first kappa shape index (κ1) is 13.3. The number of benzene rings is 1. The van der Waals surface area contributed by atoms with Crippen LogP contribution >= 0.6 is 11.6 Å². The Balaban J connectivity index is 2.08. The lowest BCUT2D eigenvalue weighted by Gasteiger charge is -2.16. The third kappa shape index (κ3) is 3.00. The van der Waals surface area contributed by atoms with Crippen LogP contribution < -0.4 is 14.8 Å². The van der Waals surface area contributed by atoms with Gasteiger partial charge in [0.2, 0.25) is 0 Å². The quantitative estimate of drug-likeness (QED) is 0.894. The smallest absolute Gasteiger partial charge is 0.145 e. The van der Waals surface area contributed by atoms with Crippen molar-refractivity contribution >= 4 is 17.3 Å². The summed E-state index contributed by atoms with van der Waals surface area (Å²) < 4.78 is 16.0. The third-order valence-electron chi connectivity index (χ3n) is 3.02. The van der Waals surface area contributed by atoms with Crippen LogP contribution in [0.1, 0.15) is 12.8 Å². The van der Waals surface area contributed by atoms with Crippen molar-refractivity contribution in [3.8, 4) is 11.5 Å². The zero-order valence-electron chi connectivity index (χ0n) is 10.7. The first-order chi connectivity index (χ1) is 8.74. The van der Waals surface area contributed by atoms with Crippen molar-refractivity contribution in [1.82, 2.24) is 0 Å². The summed E-state index contributed by atoms with van der Waals surface area (Å²) in [5.74, 6) is 1.32. The van der Waals surface area contributed by atoms with Crippen molar-refractivity contribution in [3.63, 3.8) is 0 Å². The van der Waals surface area contributed by atoms with E-state index in [0.717, 1.165) is 31.7 Å². The van der Waals surface area contributed by atoms with Crippen molar-refractivity contribution in [2.75, 3.05) is 32.7 Å². The molecule has 1 aliphatic heterocycles. The Hall–Kier alpha value is -1.13. The lowest BCUT2D eigenvalue weighted by Crippen LogP contribution is -2.18.